The van der Waals surface area contributed by atoms with Gasteiger partial charge in [0.25, 0.3) is 0 Å². The number of unbranched alkanes of at least 4 members (excludes halogenated alkanes) is 3. The van der Waals surface area contributed by atoms with Gasteiger partial charge in [-0.25, -0.2) is 0 Å². The second kappa shape index (κ2) is 14.5. The van der Waals surface area contributed by atoms with Crippen molar-refractivity contribution in [2.24, 2.45) is 11.8 Å². The number of carbonyl (C=O) groups is 2. The predicted molar refractivity (Wildman–Crippen MR) is 109 cm³/mol. The van der Waals surface area contributed by atoms with Crippen LogP contribution < -0.4 is 0 Å². The molecular weight excluding hydrogens is 340 g/mol. The molecule has 4 heteroatoms. The molecule has 4 nitrogen and oxygen atoms in total. The van der Waals surface area contributed by atoms with Gasteiger partial charge in [0, 0.05) is 18.8 Å². The molecule has 0 aromatic heterocycles. The zero-order valence-electron chi connectivity index (χ0n) is 16.7. The van der Waals surface area contributed by atoms with Gasteiger partial charge in [0.2, 0.25) is 0 Å². The Kier molecular flexibility index (Phi) is 12.7. The van der Waals surface area contributed by atoms with Crippen LogP contribution in [0.5, 0.6) is 0 Å². The topological polar surface area (TPSA) is 74.6 Å². The van der Waals surface area contributed by atoms with Gasteiger partial charge in [-0.1, -0.05) is 56.2 Å². The van der Waals surface area contributed by atoms with Crippen molar-refractivity contribution in [1.82, 2.24) is 0 Å². The van der Waals surface area contributed by atoms with Crippen molar-refractivity contribution in [3.8, 4) is 0 Å². The Hall–Kier alpha value is -1.52. The van der Waals surface area contributed by atoms with Gasteiger partial charge in [-0.05, 0) is 44.4 Å². The summed E-state index contributed by atoms with van der Waals surface area (Å²) >= 11 is 0. The Balaban J connectivity index is 2.34. The monoisotopic (exact) mass is 376 g/mol. The molecule has 152 valence electrons. The minimum atomic E-state index is -0.449. The van der Waals surface area contributed by atoms with Crippen LogP contribution in [0.3, 0.4) is 0 Å². The average molecular weight is 377 g/mol. The summed E-state index contributed by atoms with van der Waals surface area (Å²) in [5.74, 6) is 0.495. The molecule has 1 rings (SSSR count). The Morgan fingerprint density at radius 1 is 1.19 bits per heavy atom. The van der Waals surface area contributed by atoms with E-state index in [2.05, 4.69) is 13.0 Å². The zero-order chi connectivity index (χ0) is 19.9. The Morgan fingerprint density at radius 3 is 2.70 bits per heavy atom. The highest BCUT2D eigenvalue weighted by Crippen LogP contribution is 2.32. The lowest BCUT2D eigenvalue weighted by atomic mass is 9.91. The van der Waals surface area contributed by atoms with E-state index in [1.807, 2.05) is 30.4 Å². The lowest BCUT2D eigenvalue weighted by Crippen LogP contribution is -2.12. The lowest BCUT2D eigenvalue weighted by Gasteiger charge is -2.13. The van der Waals surface area contributed by atoms with Crippen LogP contribution in [0.1, 0.15) is 71.1 Å². The molecule has 0 bridgehead atoms. The van der Waals surface area contributed by atoms with Crippen LogP contribution in [-0.2, 0) is 9.59 Å². The predicted octanol–water partition coefficient (Wildman–Crippen LogP) is 4.31. The van der Waals surface area contributed by atoms with Crippen LogP contribution >= 0.6 is 0 Å². The van der Waals surface area contributed by atoms with E-state index in [9.17, 15) is 14.7 Å². The van der Waals surface area contributed by atoms with Gasteiger partial charge in [0.05, 0.1) is 6.10 Å². The van der Waals surface area contributed by atoms with Gasteiger partial charge in [0.1, 0.15) is 12.4 Å². The number of carbonyl (C=O) groups excluding carboxylic acids is 2. The van der Waals surface area contributed by atoms with Crippen LogP contribution in [0, 0.1) is 11.8 Å². The van der Waals surface area contributed by atoms with E-state index in [0.29, 0.717) is 25.0 Å². The van der Waals surface area contributed by atoms with Crippen LogP contribution in [0.15, 0.2) is 36.5 Å². The molecule has 0 aromatic carbocycles. The highest BCUT2D eigenvalue weighted by atomic mass is 16.3. The Morgan fingerprint density at radius 2 is 1.96 bits per heavy atom. The van der Waals surface area contributed by atoms with Crippen LogP contribution in [0.4, 0.5) is 0 Å². The second-order valence-corrected chi connectivity index (χ2v) is 7.37. The maximum Gasteiger partial charge on any atom is 0.158 e. The molecule has 0 aromatic rings. The summed E-state index contributed by atoms with van der Waals surface area (Å²) in [4.78, 5) is 23.2. The van der Waals surface area contributed by atoms with Gasteiger partial charge in [0.15, 0.2) is 5.78 Å². The fourth-order valence-corrected chi connectivity index (χ4v) is 3.37. The van der Waals surface area contributed by atoms with Gasteiger partial charge in [-0.2, -0.15) is 0 Å². The molecule has 1 aliphatic rings. The average Bonchev–Trinajstić information content (AvgIpc) is 3.01. The summed E-state index contributed by atoms with van der Waals surface area (Å²) in [6.45, 7) is 1.78. The SMILES string of the molecule is CCCCC=CC(O)CC=C[C@H]1CCC(=O)[C@@H]1CC=CCCCC(=O)CO. The van der Waals surface area contributed by atoms with E-state index >= 15 is 0 Å². The first-order valence-corrected chi connectivity index (χ1v) is 10.4. The van der Waals surface area contributed by atoms with Crippen molar-refractivity contribution in [3.63, 3.8) is 0 Å². The van der Waals surface area contributed by atoms with Gasteiger partial charge >= 0.3 is 0 Å². The van der Waals surface area contributed by atoms with Crippen molar-refractivity contribution in [2.45, 2.75) is 77.2 Å². The van der Waals surface area contributed by atoms with Gasteiger partial charge in [-0.15, -0.1) is 0 Å². The van der Waals surface area contributed by atoms with E-state index in [-0.39, 0.29) is 24.2 Å². The lowest BCUT2D eigenvalue weighted by molar-refractivity contribution is -0.122. The van der Waals surface area contributed by atoms with Crippen LogP contribution in [0.2, 0.25) is 0 Å². The summed E-state index contributed by atoms with van der Waals surface area (Å²) in [6, 6.07) is 0. The van der Waals surface area contributed by atoms with Crippen molar-refractivity contribution in [3.05, 3.63) is 36.5 Å². The molecule has 1 aliphatic carbocycles. The van der Waals surface area contributed by atoms with Crippen LogP contribution in [0.25, 0.3) is 0 Å². The normalized spacial score (nSPS) is 21.8. The molecule has 0 saturated heterocycles. The number of rotatable bonds is 14. The Bertz CT molecular complexity index is 518. The van der Waals surface area contributed by atoms with E-state index in [1.54, 1.807) is 0 Å². The molecule has 2 N–H and O–H groups in total. The smallest absolute Gasteiger partial charge is 0.158 e. The van der Waals surface area contributed by atoms with Crippen molar-refractivity contribution in [1.29, 1.82) is 0 Å². The molecule has 1 fully saturated rings. The second-order valence-electron chi connectivity index (χ2n) is 7.37. The largest absolute Gasteiger partial charge is 0.389 e. The molecule has 0 aliphatic heterocycles. The maximum absolute atomic E-state index is 12.1. The molecule has 0 heterocycles. The number of hydrogen-bond acceptors (Lipinski definition) is 4. The highest BCUT2D eigenvalue weighted by molar-refractivity contribution is 5.83. The maximum atomic E-state index is 12.1. The number of ketones is 2. The summed E-state index contributed by atoms with van der Waals surface area (Å²) in [7, 11) is 0. The van der Waals surface area contributed by atoms with Crippen molar-refractivity contribution >= 4 is 11.6 Å². The first-order valence-electron chi connectivity index (χ1n) is 10.4. The minimum absolute atomic E-state index is 0.0359. The Labute approximate surface area is 164 Å². The first kappa shape index (κ1) is 23.5. The number of aliphatic hydroxyl groups excluding tert-OH is 2. The molecule has 27 heavy (non-hydrogen) atoms. The third kappa shape index (κ3) is 10.4. The molecular formula is C23H36O4. The molecule has 1 saturated carbocycles. The molecule has 3 atom stereocenters. The first-order chi connectivity index (χ1) is 13.1. The van der Waals surface area contributed by atoms with Crippen LogP contribution in [-0.4, -0.2) is 34.5 Å². The van der Waals surface area contributed by atoms with E-state index < -0.39 is 6.10 Å². The fourth-order valence-electron chi connectivity index (χ4n) is 3.37. The third-order valence-electron chi connectivity index (χ3n) is 5.06. The number of Topliss-reactive ketones (excluding diaryl/α,β-unsaturated/α-hetero) is 2. The molecule has 1 unspecified atom stereocenters. The van der Waals surface area contributed by atoms with Gasteiger partial charge < -0.3 is 10.2 Å². The number of hydrogen-bond donors (Lipinski definition) is 2. The van der Waals surface area contributed by atoms with E-state index in [0.717, 1.165) is 44.9 Å². The number of allylic oxidation sites excluding steroid dienone is 4. The van der Waals surface area contributed by atoms with E-state index in [1.165, 1.54) is 0 Å². The number of aliphatic hydroxyl groups is 2. The van der Waals surface area contributed by atoms with Crippen molar-refractivity contribution in [2.75, 3.05) is 6.61 Å². The molecule has 0 radical (unpaired) electrons. The zero-order valence-corrected chi connectivity index (χ0v) is 16.7. The third-order valence-corrected chi connectivity index (χ3v) is 5.06. The summed E-state index contributed by atoms with van der Waals surface area (Å²) < 4.78 is 0. The molecule has 0 amide bonds. The minimum Gasteiger partial charge on any atom is -0.389 e. The van der Waals surface area contributed by atoms with E-state index in [4.69, 9.17) is 5.11 Å². The summed E-state index contributed by atoms with van der Waals surface area (Å²) in [5, 5.41) is 18.6. The standard InChI is InChI=1S/C23H36O4/c1-2-3-4-7-12-20(25)14-10-11-19-16-17-23(27)22(19)15-9-6-5-8-13-21(26)18-24/h6-7,9-12,19-20,22,24-25H,2-5,8,13-18H2,1H3/t19-,20?,22+/m0/s1. The summed E-state index contributed by atoms with van der Waals surface area (Å²) in [6.07, 6.45) is 19.8. The molecule has 0 spiro atoms. The van der Waals surface area contributed by atoms with Gasteiger partial charge in [-0.3, -0.25) is 9.59 Å². The highest BCUT2D eigenvalue weighted by Gasteiger charge is 2.31. The fraction of sp³-hybridized carbons (Fsp3) is 0.652. The summed E-state index contributed by atoms with van der Waals surface area (Å²) in [5.41, 5.74) is 0. The quantitative estimate of drug-likeness (QED) is 0.350. The van der Waals surface area contributed by atoms with Crippen molar-refractivity contribution < 1.29 is 19.8 Å².